The molecule has 2 atom stereocenters. The Morgan fingerprint density at radius 1 is 1.50 bits per heavy atom. The molecule has 1 saturated heterocycles. The van der Waals surface area contributed by atoms with Crippen LogP contribution in [0.15, 0.2) is 18.2 Å². The number of hydrogen-bond acceptors (Lipinski definition) is 2. The first-order valence-corrected chi connectivity index (χ1v) is 5.61. The molecule has 1 aromatic rings. The highest BCUT2D eigenvalue weighted by Crippen LogP contribution is 2.18. The number of Topliss-reactive ketones (excluding diaryl/α,β-unsaturated/α-hetero) is 1. The highest BCUT2D eigenvalue weighted by molar-refractivity contribution is 6.00. The van der Waals surface area contributed by atoms with Gasteiger partial charge in [-0.15, -0.1) is 0 Å². The number of aryl methyl sites for hydroxylation is 1. The number of ketones is 1. The van der Waals surface area contributed by atoms with Gasteiger partial charge in [0.05, 0.1) is 6.04 Å². The second kappa shape index (κ2) is 4.34. The lowest BCUT2D eigenvalue weighted by molar-refractivity contribution is 0.0950. The van der Waals surface area contributed by atoms with Crippen LogP contribution in [0.3, 0.4) is 0 Å². The van der Waals surface area contributed by atoms with E-state index in [9.17, 15) is 9.18 Å². The van der Waals surface area contributed by atoms with E-state index < -0.39 is 0 Å². The maximum Gasteiger partial charge on any atom is 0.179 e. The van der Waals surface area contributed by atoms with E-state index >= 15 is 0 Å². The monoisotopic (exact) mass is 221 g/mol. The van der Waals surface area contributed by atoms with Gasteiger partial charge in [0.25, 0.3) is 0 Å². The number of hydrogen-bond donors (Lipinski definition) is 1. The summed E-state index contributed by atoms with van der Waals surface area (Å²) in [5, 5.41) is 3.17. The molecule has 2 rings (SSSR count). The molecule has 0 aliphatic carbocycles. The summed E-state index contributed by atoms with van der Waals surface area (Å²) in [7, 11) is 0. The van der Waals surface area contributed by atoms with Crippen molar-refractivity contribution in [3.63, 3.8) is 0 Å². The Morgan fingerprint density at radius 2 is 2.25 bits per heavy atom. The van der Waals surface area contributed by atoms with Crippen LogP contribution in [0.1, 0.15) is 29.3 Å². The molecule has 1 N–H and O–H groups in total. The minimum atomic E-state index is -0.308. The van der Waals surface area contributed by atoms with Gasteiger partial charge in [0.1, 0.15) is 5.82 Å². The lowest BCUT2D eigenvalue weighted by Gasteiger charge is -2.09. The molecule has 0 bridgehead atoms. The van der Waals surface area contributed by atoms with Crippen molar-refractivity contribution >= 4 is 5.78 Å². The van der Waals surface area contributed by atoms with Crippen LogP contribution in [-0.2, 0) is 0 Å². The zero-order chi connectivity index (χ0) is 11.7. The van der Waals surface area contributed by atoms with Crippen molar-refractivity contribution < 1.29 is 9.18 Å². The molecule has 0 radical (unpaired) electrons. The molecular weight excluding hydrogens is 205 g/mol. The number of carbonyl (C=O) groups excluding carboxylic acids is 1. The van der Waals surface area contributed by atoms with E-state index in [2.05, 4.69) is 12.2 Å². The van der Waals surface area contributed by atoms with E-state index in [1.54, 1.807) is 19.1 Å². The molecule has 0 amide bonds. The molecule has 1 heterocycles. The van der Waals surface area contributed by atoms with Gasteiger partial charge in [0, 0.05) is 5.56 Å². The smallest absolute Gasteiger partial charge is 0.179 e. The molecule has 1 fully saturated rings. The van der Waals surface area contributed by atoms with Crippen LogP contribution in [0.2, 0.25) is 0 Å². The SMILES string of the molecule is Cc1ccc(C(=O)[C@@H]2C[C@@H](C)CN2)cc1F. The van der Waals surface area contributed by atoms with Crippen LogP contribution in [0.25, 0.3) is 0 Å². The standard InChI is InChI=1S/C13H16FNO/c1-8-5-12(15-7-8)13(16)10-4-3-9(2)11(14)6-10/h3-4,6,8,12,15H,5,7H2,1-2H3/t8-,12+/m1/s1. The van der Waals surface area contributed by atoms with Crippen molar-refractivity contribution in [1.82, 2.24) is 5.32 Å². The summed E-state index contributed by atoms with van der Waals surface area (Å²) >= 11 is 0. The maximum absolute atomic E-state index is 13.3. The Hall–Kier alpha value is -1.22. The number of benzene rings is 1. The second-order valence-electron chi connectivity index (χ2n) is 4.63. The fourth-order valence-electron chi connectivity index (χ4n) is 2.06. The fourth-order valence-corrected chi connectivity index (χ4v) is 2.06. The third-order valence-electron chi connectivity index (χ3n) is 3.12. The van der Waals surface area contributed by atoms with E-state index in [0.29, 0.717) is 17.0 Å². The average Bonchev–Trinajstić information content (AvgIpc) is 2.68. The predicted octanol–water partition coefficient (Wildman–Crippen LogP) is 2.31. The van der Waals surface area contributed by atoms with Gasteiger partial charge in [-0.2, -0.15) is 0 Å². The average molecular weight is 221 g/mol. The van der Waals surface area contributed by atoms with E-state index in [4.69, 9.17) is 0 Å². The first-order valence-electron chi connectivity index (χ1n) is 5.61. The third kappa shape index (κ3) is 2.14. The minimum Gasteiger partial charge on any atom is -0.307 e. The van der Waals surface area contributed by atoms with Gasteiger partial charge in [-0.05, 0) is 37.4 Å². The van der Waals surface area contributed by atoms with Crippen LogP contribution in [-0.4, -0.2) is 18.4 Å². The number of nitrogens with one attached hydrogen (secondary N) is 1. The Kier molecular flexibility index (Phi) is 3.06. The van der Waals surface area contributed by atoms with Crippen molar-refractivity contribution in [2.75, 3.05) is 6.54 Å². The largest absolute Gasteiger partial charge is 0.307 e. The number of halogens is 1. The zero-order valence-electron chi connectivity index (χ0n) is 9.59. The molecule has 1 aliphatic heterocycles. The molecule has 1 aromatic carbocycles. The van der Waals surface area contributed by atoms with Crippen LogP contribution >= 0.6 is 0 Å². The van der Waals surface area contributed by atoms with Crippen molar-refractivity contribution in [2.45, 2.75) is 26.3 Å². The van der Waals surface area contributed by atoms with E-state index in [1.807, 2.05) is 0 Å². The molecule has 0 saturated carbocycles. The van der Waals surface area contributed by atoms with Gasteiger partial charge in [-0.1, -0.05) is 19.1 Å². The summed E-state index contributed by atoms with van der Waals surface area (Å²) < 4.78 is 13.3. The molecule has 1 aliphatic rings. The van der Waals surface area contributed by atoms with Crippen molar-refractivity contribution in [2.24, 2.45) is 5.92 Å². The summed E-state index contributed by atoms with van der Waals surface area (Å²) in [6.45, 7) is 4.67. The quantitative estimate of drug-likeness (QED) is 0.776. The first kappa shape index (κ1) is 11.3. The van der Waals surface area contributed by atoms with Gasteiger partial charge in [0.15, 0.2) is 5.78 Å². The van der Waals surface area contributed by atoms with Crippen molar-refractivity contribution in [3.8, 4) is 0 Å². The summed E-state index contributed by atoms with van der Waals surface area (Å²) in [6, 6.07) is 4.55. The molecule has 2 nitrogen and oxygen atoms in total. The summed E-state index contributed by atoms with van der Waals surface area (Å²) in [5.41, 5.74) is 1.04. The van der Waals surface area contributed by atoms with Gasteiger partial charge in [-0.25, -0.2) is 4.39 Å². The van der Waals surface area contributed by atoms with Gasteiger partial charge >= 0.3 is 0 Å². The highest BCUT2D eigenvalue weighted by atomic mass is 19.1. The number of rotatable bonds is 2. The van der Waals surface area contributed by atoms with Gasteiger partial charge in [0.2, 0.25) is 0 Å². The lowest BCUT2D eigenvalue weighted by atomic mass is 9.99. The molecule has 3 heteroatoms. The summed E-state index contributed by atoms with van der Waals surface area (Å²) in [5.74, 6) is 0.212. The fraction of sp³-hybridized carbons (Fsp3) is 0.462. The van der Waals surface area contributed by atoms with E-state index in [-0.39, 0.29) is 17.6 Å². The second-order valence-corrected chi connectivity index (χ2v) is 4.63. The van der Waals surface area contributed by atoms with E-state index in [0.717, 1.165) is 13.0 Å². The summed E-state index contributed by atoms with van der Waals surface area (Å²) in [4.78, 5) is 12.0. The Bertz CT molecular complexity index is 416. The maximum atomic E-state index is 13.3. The normalized spacial score (nSPS) is 24.7. The predicted molar refractivity (Wildman–Crippen MR) is 61.0 cm³/mol. The Balaban J connectivity index is 2.18. The first-order chi connectivity index (χ1) is 7.58. The molecule has 0 aromatic heterocycles. The van der Waals surface area contributed by atoms with Crippen LogP contribution in [0.5, 0.6) is 0 Å². The van der Waals surface area contributed by atoms with Crippen molar-refractivity contribution in [1.29, 1.82) is 0 Å². The molecule has 0 spiro atoms. The zero-order valence-corrected chi connectivity index (χ0v) is 9.59. The van der Waals surface area contributed by atoms with Crippen molar-refractivity contribution in [3.05, 3.63) is 35.1 Å². The molecule has 0 unspecified atom stereocenters. The number of carbonyl (C=O) groups is 1. The molecule has 86 valence electrons. The summed E-state index contributed by atoms with van der Waals surface area (Å²) in [6.07, 6.45) is 0.842. The molecular formula is C13H16FNO. The lowest BCUT2D eigenvalue weighted by Crippen LogP contribution is -2.30. The minimum absolute atomic E-state index is 0.00301. The van der Waals surface area contributed by atoms with Gasteiger partial charge < -0.3 is 5.32 Å². The van der Waals surface area contributed by atoms with Crippen LogP contribution in [0, 0.1) is 18.7 Å². The molecule has 16 heavy (non-hydrogen) atoms. The van der Waals surface area contributed by atoms with Crippen LogP contribution < -0.4 is 5.32 Å². The Morgan fingerprint density at radius 3 is 2.81 bits per heavy atom. The third-order valence-corrected chi connectivity index (χ3v) is 3.12. The van der Waals surface area contributed by atoms with E-state index in [1.165, 1.54) is 6.07 Å². The highest BCUT2D eigenvalue weighted by Gasteiger charge is 2.27. The topological polar surface area (TPSA) is 29.1 Å². The van der Waals surface area contributed by atoms with Crippen LogP contribution in [0.4, 0.5) is 4.39 Å². The Labute approximate surface area is 94.9 Å². The van der Waals surface area contributed by atoms with Gasteiger partial charge in [-0.3, -0.25) is 4.79 Å².